The standard InChI is InChI=1S/C17H24N4O4/c1-11-13(18-12(2)19-16(11)23)10-15(22)20-5-7-21(8-6-20)17(24)14-4-3-9-25-14/h14H,3-10H2,1-2H3,(H,18,19,23). The van der Waals surface area contributed by atoms with E-state index in [0.29, 0.717) is 49.9 Å². The first-order valence-corrected chi connectivity index (χ1v) is 8.70. The number of nitrogens with zero attached hydrogens (tertiary/aromatic N) is 3. The van der Waals surface area contributed by atoms with Crippen LogP contribution in [0.15, 0.2) is 4.79 Å². The molecule has 2 aliphatic heterocycles. The quantitative estimate of drug-likeness (QED) is 0.815. The molecule has 0 aromatic carbocycles. The Bertz CT molecular complexity index is 716. The number of piperazine rings is 1. The molecule has 3 heterocycles. The van der Waals surface area contributed by atoms with Crippen molar-refractivity contribution in [3.05, 3.63) is 27.4 Å². The van der Waals surface area contributed by atoms with E-state index >= 15 is 0 Å². The number of hydrogen-bond acceptors (Lipinski definition) is 5. The van der Waals surface area contributed by atoms with E-state index in [1.54, 1.807) is 23.6 Å². The Labute approximate surface area is 146 Å². The number of amides is 2. The lowest BCUT2D eigenvalue weighted by atomic mass is 10.1. The smallest absolute Gasteiger partial charge is 0.254 e. The van der Waals surface area contributed by atoms with Crippen molar-refractivity contribution in [1.29, 1.82) is 0 Å². The van der Waals surface area contributed by atoms with Gasteiger partial charge in [-0.2, -0.15) is 0 Å². The summed E-state index contributed by atoms with van der Waals surface area (Å²) in [6.45, 7) is 6.06. The van der Waals surface area contributed by atoms with Gasteiger partial charge in [-0.1, -0.05) is 0 Å². The second-order valence-electron chi connectivity index (χ2n) is 6.61. The van der Waals surface area contributed by atoms with Crippen molar-refractivity contribution in [3.8, 4) is 0 Å². The van der Waals surface area contributed by atoms with Gasteiger partial charge in [0.15, 0.2) is 0 Å². The number of H-pyrrole nitrogens is 1. The van der Waals surface area contributed by atoms with Crippen molar-refractivity contribution < 1.29 is 14.3 Å². The number of carbonyl (C=O) groups excluding carboxylic acids is 2. The van der Waals surface area contributed by atoms with E-state index in [1.807, 2.05) is 0 Å². The van der Waals surface area contributed by atoms with Crippen LogP contribution in [0.2, 0.25) is 0 Å². The number of ether oxygens (including phenoxy) is 1. The number of aromatic amines is 1. The summed E-state index contributed by atoms with van der Waals surface area (Å²) in [6, 6.07) is 0. The Hall–Kier alpha value is -2.22. The topological polar surface area (TPSA) is 95.6 Å². The summed E-state index contributed by atoms with van der Waals surface area (Å²) >= 11 is 0. The molecule has 0 aliphatic carbocycles. The van der Waals surface area contributed by atoms with Gasteiger partial charge in [-0.3, -0.25) is 14.4 Å². The van der Waals surface area contributed by atoms with Gasteiger partial charge >= 0.3 is 0 Å². The number of carbonyl (C=O) groups is 2. The molecule has 8 heteroatoms. The van der Waals surface area contributed by atoms with Crippen molar-refractivity contribution in [3.63, 3.8) is 0 Å². The number of rotatable bonds is 3. The lowest BCUT2D eigenvalue weighted by Crippen LogP contribution is -2.53. The normalized spacial score (nSPS) is 20.8. The van der Waals surface area contributed by atoms with Crippen LogP contribution in [0.25, 0.3) is 0 Å². The predicted octanol–water partition coefficient (Wildman–Crippen LogP) is -0.221. The van der Waals surface area contributed by atoms with Crippen LogP contribution in [0, 0.1) is 13.8 Å². The molecule has 2 saturated heterocycles. The fourth-order valence-electron chi connectivity index (χ4n) is 3.28. The van der Waals surface area contributed by atoms with Crippen molar-refractivity contribution in [1.82, 2.24) is 19.8 Å². The minimum Gasteiger partial charge on any atom is -0.368 e. The molecule has 0 bridgehead atoms. The lowest BCUT2D eigenvalue weighted by molar-refractivity contribution is -0.145. The first kappa shape index (κ1) is 17.6. The molecule has 1 N–H and O–H groups in total. The maximum Gasteiger partial charge on any atom is 0.254 e. The van der Waals surface area contributed by atoms with Gasteiger partial charge in [0.1, 0.15) is 11.9 Å². The number of aromatic nitrogens is 2. The lowest BCUT2D eigenvalue weighted by Gasteiger charge is -2.35. The highest BCUT2D eigenvalue weighted by Gasteiger charge is 2.31. The van der Waals surface area contributed by atoms with Gasteiger partial charge in [-0.05, 0) is 26.7 Å². The molecular formula is C17H24N4O4. The molecular weight excluding hydrogens is 324 g/mol. The van der Waals surface area contributed by atoms with E-state index in [-0.39, 0.29) is 29.9 Å². The Kier molecular flexibility index (Phi) is 5.17. The molecule has 1 aromatic heterocycles. The molecule has 2 aliphatic rings. The Morgan fingerprint density at radius 3 is 2.52 bits per heavy atom. The summed E-state index contributed by atoms with van der Waals surface area (Å²) in [6.07, 6.45) is 1.51. The monoisotopic (exact) mass is 348 g/mol. The minimum atomic E-state index is -0.312. The third-order valence-electron chi connectivity index (χ3n) is 4.84. The third-order valence-corrected chi connectivity index (χ3v) is 4.84. The fourth-order valence-corrected chi connectivity index (χ4v) is 3.28. The van der Waals surface area contributed by atoms with E-state index in [4.69, 9.17) is 4.74 Å². The Morgan fingerprint density at radius 1 is 1.20 bits per heavy atom. The van der Waals surface area contributed by atoms with Gasteiger partial charge in [-0.15, -0.1) is 0 Å². The maximum atomic E-state index is 12.5. The molecule has 1 unspecified atom stereocenters. The first-order valence-electron chi connectivity index (χ1n) is 8.70. The van der Waals surface area contributed by atoms with E-state index in [0.717, 1.165) is 12.8 Å². The summed E-state index contributed by atoms with van der Waals surface area (Å²) in [7, 11) is 0. The number of hydrogen-bond donors (Lipinski definition) is 1. The van der Waals surface area contributed by atoms with Crippen molar-refractivity contribution in [2.45, 2.75) is 39.2 Å². The van der Waals surface area contributed by atoms with E-state index in [2.05, 4.69) is 9.97 Å². The molecule has 2 amide bonds. The molecule has 3 rings (SSSR count). The maximum absolute atomic E-state index is 12.5. The molecule has 0 radical (unpaired) electrons. The van der Waals surface area contributed by atoms with Crippen LogP contribution >= 0.6 is 0 Å². The summed E-state index contributed by atoms with van der Waals surface area (Å²) in [5, 5.41) is 0. The summed E-state index contributed by atoms with van der Waals surface area (Å²) in [5.74, 6) is 0.475. The van der Waals surface area contributed by atoms with Crippen LogP contribution in [0.3, 0.4) is 0 Å². The van der Waals surface area contributed by atoms with E-state index in [9.17, 15) is 14.4 Å². The summed E-state index contributed by atoms with van der Waals surface area (Å²) in [5.41, 5.74) is 0.789. The van der Waals surface area contributed by atoms with Gasteiger partial charge in [0.2, 0.25) is 5.91 Å². The van der Waals surface area contributed by atoms with Crippen LogP contribution in [0.4, 0.5) is 0 Å². The number of aryl methyl sites for hydroxylation is 1. The van der Waals surface area contributed by atoms with Crippen molar-refractivity contribution >= 4 is 11.8 Å². The fraction of sp³-hybridized carbons (Fsp3) is 0.647. The zero-order valence-corrected chi connectivity index (χ0v) is 14.7. The molecule has 136 valence electrons. The van der Waals surface area contributed by atoms with Gasteiger partial charge in [0, 0.05) is 38.3 Å². The zero-order valence-electron chi connectivity index (χ0n) is 14.7. The molecule has 8 nitrogen and oxygen atoms in total. The third kappa shape index (κ3) is 3.89. The second kappa shape index (κ2) is 7.35. The van der Waals surface area contributed by atoms with Gasteiger partial charge < -0.3 is 19.5 Å². The minimum absolute atomic E-state index is 0.0346. The SMILES string of the molecule is Cc1nc(CC(=O)N2CCN(C(=O)C3CCCO3)CC2)c(C)c(=O)[nH]1. The highest BCUT2D eigenvalue weighted by Crippen LogP contribution is 2.16. The molecule has 1 aromatic rings. The van der Waals surface area contributed by atoms with Gasteiger partial charge in [-0.25, -0.2) is 4.98 Å². The molecule has 25 heavy (non-hydrogen) atoms. The Morgan fingerprint density at radius 2 is 1.88 bits per heavy atom. The van der Waals surface area contributed by atoms with Gasteiger partial charge in [0.25, 0.3) is 11.5 Å². The van der Waals surface area contributed by atoms with E-state index in [1.165, 1.54) is 0 Å². The molecule has 1 atom stereocenters. The predicted molar refractivity (Wildman–Crippen MR) is 90.2 cm³/mol. The zero-order chi connectivity index (χ0) is 18.0. The van der Waals surface area contributed by atoms with Crippen molar-refractivity contribution in [2.75, 3.05) is 32.8 Å². The van der Waals surface area contributed by atoms with Gasteiger partial charge in [0.05, 0.1) is 12.1 Å². The van der Waals surface area contributed by atoms with Crippen molar-refractivity contribution in [2.24, 2.45) is 0 Å². The summed E-state index contributed by atoms with van der Waals surface area (Å²) in [4.78, 5) is 47.1. The van der Waals surface area contributed by atoms with Crippen LogP contribution in [-0.2, 0) is 20.7 Å². The highest BCUT2D eigenvalue weighted by molar-refractivity contribution is 5.82. The average molecular weight is 348 g/mol. The first-order chi connectivity index (χ1) is 12.0. The van der Waals surface area contributed by atoms with E-state index < -0.39 is 0 Å². The number of nitrogens with one attached hydrogen (secondary N) is 1. The highest BCUT2D eigenvalue weighted by atomic mass is 16.5. The molecule has 2 fully saturated rings. The second-order valence-corrected chi connectivity index (χ2v) is 6.61. The molecule has 0 saturated carbocycles. The Balaban J connectivity index is 1.57. The van der Waals surface area contributed by atoms with Crippen LogP contribution in [-0.4, -0.2) is 70.5 Å². The van der Waals surface area contributed by atoms with Crippen LogP contribution < -0.4 is 5.56 Å². The average Bonchev–Trinajstić information content (AvgIpc) is 3.13. The largest absolute Gasteiger partial charge is 0.368 e. The van der Waals surface area contributed by atoms with Crippen LogP contribution in [0.5, 0.6) is 0 Å². The van der Waals surface area contributed by atoms with Crippen LogP contribution in [0.1, 0.15) is 29.9 Å². The summed E-state index contributed by atoms with van der Waals surface area (Å²) < 4.78 is 5.44. The molecule has 0 spiro atoms.